The van der Waals surface area contributed by atoms with Gasteiger partial charge in [-0.15, -0.1) is 11.6 Å². The number of unbranched alkanes of at least 4 members (excludes halogenated alkanes) is 2. The molecule has 2 nitrogen and oxygen atoms in total. The zero-order chi connectivity index (χ0) is 24.9. The smallest absolute Gasteiger partial charge is 0.250 e. The molecule has 0 aromatic heterocycles. The van der Waals surface area contributed by atoms with E-state index in [1.165, 1.54) is 11.1 Å². The van der Waals surface area contributed by atoms with Crippen molar-refractivity contribution < 1.29 is 13.6 Å². The molecule has 0 aliphatic heterocycles. The van der Waals surface area contributed by atoms with Gasteiger partial charge in [0.05, 0.1) is 0 Å². The summed E-state index contributed by atoms with van der Waals surface area (Å²) >= 11 is 5.93. The van der Waals surface area contributed by atoms with Crippen LogP contribution in [-0.4, -0.2) is 26.2 Å². The van der Waals surface area contributed by atoms with Gasteiger partial charge in [-0.1, -0.05) is 46.6 Å². The topological polar surface area (TPSA) is 26.3 Å². The number of ketones is 1. The van der Waals surface area contributed by atoms with E-state index in [1.807, 2.05) is 0 Å². The fourth-order valence-corrected chi connectivity index (χ4v) is 8.22. The molecule has 2 fully saturated rings. The van der Waals surface area contributed by atoms with Crippen molar-refractivity contribution in [3.05, 3.63) is 29.3 Å². The quantitative estimate of drug-likeness (QED) is 0.210. The van der Waals surface area contributed by atoms with E-state index in [-0.39, 0.29) is 16.9 Å². The van der Waals surface area contributed by atoms with E-state index < -0.39 is 19.9 Å². The molecule has 34 heavy (non-hydrogen) atoms. The molecule has 1 aromatic rings. The van der Waals surface area contributed by atoms with Crippen molar-refractivity contribution in [2.75, 3.05) is 5.88 Å². The second kappa shape index (κ2) is 9.54. The molecule has 0 radical (unpaired) electrons. The van der Waals surface area contributed by atoms with Crippen LogP contribution in [0.1, 0.15) is 89.7 Å². The Morgan fingerprint density at radius 2 is 1.94 bits per heavy atom. The molecule has 1 aromatic carbocycles. The normalized spacial score (nSPS) is 33.3. The maximum absolute atomic E-state index is 16.0. The first kappa shape index (κ1) is 26.2. The minimum atomic E-state index is -1.95. The summed E-state index contributed by atoms with van der Waals surface area (Å²) in [5.74, 6) is 2.84. The number of hydrogen-bond acceptors (Lipinski definition) is 2. The second-order valence-electron chi connectivity index (χ2n) is 13.0. The third-order valence-corrected chi connectivity index (χ3v) is 14.5. The summed E-state index contributed by atoms with van der Waals surface area (Å²) in [4.78, 5) is 12.9. The molecule has 190 valence electrons. The molecule has 6 unspecified atom stereocenters. The molecule has 0 heterocycles. The van der Waals surface area contributed by atoms with Crippen molar-refractivity contribution in [3.8, 4) is 5.75 Å². The van der Waals surface area contributed by atoms with Crippen molar-refractivity contribution in [1.82, 2.24) is 0 Å². The van der Waals surface area contributed by atoms with Crippen LogP contribution in [0.25, 0.3) is 0 Å². The molecule has 2 saturated carbocycles. The van der Waals surface area contributed by atoms with Gasteiger partial charge in [0.1, 0.15) is 17.7 Å². The van der Waals surface area contributed by atoms with E-state index in [2.05, 4.69) is 59.0 Å². The Labute approximate surface area is 212 Å². The Kier molecular flexibility index (Phi) is 7.35. The number of rotatable bonds is 7. The summed E-state index contributed by atoms with van der Waals surface area (Å²) in [6, 6.07) is 6.46. The fraction of sp³-hybridized carbons (Fsp3) is 0.759. The number of carbonyl (C=O) groups is 1. The molecule has 0 N–H and O–H groups in total. The van der Waals surface area contributed by atoms with Crippen LogP contribution in [0.4, 0.5) is 4.39 Å². The van der Waals surface area contributed by atoms with Crippen LogP contribution in [0.15, 0.2) is 18.2 Å². The van der Waals surface area contributed by atoms with Gasteiger partial charge in [0.15, 0.2) is 0 Å². The first-order valence-electron chi connectivity index (χ1n) is 13.4. The first-order chi connectivity index (χ1) is 15.9. The molecule has 0 spiro atoms. The minimum Gasteiger partial charge on any atom is -0.543 e. The van der Waals surface area contributed by atoms with Crippen LogP contribution < -0.4 is 4.43 Å². The molecule has 6 atom stereocenters. The van der Waals surface area contributed by atoms with Crippen LogP contribution in [0.3, 0.4) is 0 Å². The highest BCUT2D eigenvalue weighted by molar-refractivity contribution is 6.74. The summed E-state index contributed by atoms with van der Waals surface area (Å²) < 4.78 is 22.6. The Morgan fingerprint density at radius 1 is 1.21 bits per heavy atom. The predicted octanol–water partition coefficient (Wildman–Crippen LogP) is 8.47. The molecule has 4 rings (SSSR count). The molecule has 3 aliphatic carbocycles. The van der Waals surface area contributed by atoms with Crippen LogP contribution in [0, 0.1) is 23.2 Å². The van der Waals surface area contributed by atoms with Gasteiger partial charge in [-0.25, -0.2) is 4.39 Å². The van der Waals surface area contributed by atoms with Crippen LogP contribution in [0.2, 0.25) is 18.1 Å². The van der Waals surface area contributed by atoms with E-state index in [9.17, 15) is 4.79 Å². The largest absolute Gasteiger partial charge is 0.543 e. The summed E-state index contributed by atoms with van der Waals surface area (Å²) in [7, 11) is -1.95. The maximum atomic E-state index is 16.0. The van der Waals surface area contributed by atoms with Gasteiger partial charge in [0, 0.05) is 23.6 Å². The first-order valence-corrected chi connectivity index (χ1v) is 16.9. The second-order valence-corrected chi connectivity index (χ2v) is 18.1. The Hall–Kier alpha value is -0.873. The summed E-state index contributed by atoms with van der Waals surface area (Å²) in [6.07, 6.45) is 6.35. The summed E-state index contributed by atoms with van der Waals surface area (Å²) in [6.45, 7) is 13.4. The summed E-state index contributed by atoms with van der Waals surface area (Å²) in [5.41, 5.74) is 1.98. The van der Waals surface area contributed by atoms with Gasteiger partial charge in [0.2, 0.25) is 8.32 Å². The molecule has 3 aliphatic rings. The average Bonchev–Trinajstić information content (AvgIpc) is 3.03. The standard InChI is InChI=1S/C29H44ClFO2Si/c1-28(2,3)34(5,6)33-21-11-12-22-20(17-21)16-19(10-8-7-9-15-30)26-23-13-14-25(32)29(23,4)18-24(31)27(22)26/h11-12,17,19,23-24,26-27H,7-10,13-16,18H2,1-6H3. The Balaban J connectivity index is 1.68. The lowest BCUT2D eigenvalue weighted by atomic mass is 9.51. The highest BCUT2D eigenvalue weighted by Crippen LogP contribution is 2.62. The van der Waals surface area contributed by atoms with E-state index in [4.69, 9.17) is 16.0 Å². The van der Waals surface area contributed by atoms with Gasteiger partial charge in [0.25, 0.3) is 0 Å². The van der Waals surface area contributed by atoms with Crippen molar-refractivity contribution >= 4 is 25.7 Å². The number of hydrogen-bond donors (Lipinski definition) is 0. The van der Waals surface area contributed by atoms with E-state index >= 15 is 4.39 Å². The maximum Gasteiger partial charge on any atom is 0.250 e. The van der Waals surface area contributed by atoms with Gasteiger partial charge in [-0.05, 0) is 91.2 Å². The van der Waals surface area contributed by atoms with Gasteiger partial charge < -0.3 is 4.43 Å². The van der Waals surface area contributed by atoms with Crippen molar-refractivity contribution in [2.24, 2.45) is 23.2 Å². The van der Waals surface area contributed by atoms with Crippen LogP contribution in [0.5, 0.6) is 5.75 Å². The van der Waals surface area contributed by atoms with Crippen molar-refractivity contribution in [3.63, 3.8) is 0 Å². The number of fused-ring (bicyclic) bond motifs is 5. The Bertz CT molecular complexity index is 910. The molecule has 0 saturated heterocycles. The zero-order valence-corrected chi connectivity index (χ0v) is 23.8. The lowest BCUT2D eigenvalue weighted by Crippen LogP contribution is -2.50. The number of benzene rings is 1. The SMILES string of the molecule is CC12CC(F)C3c4ccc(O[Si](C)(C)C(C)(C)C)cc4CC(CCCCCCl)C3C1CCC2=O. The number of Topliss-reactive ketones (excluding diaryl/α,β-unsaturated/α-hetero) is 1. The van der Waals surface area contributed by atoms with E-state index in [1.54, 1.807) is 0 Å². The van der Waals surface area contributed by atoms with Crippen molar-refractivity contribution in [2.45, 2.75) is 109 Å². The number of alkyl halides is 2. The Morgan fingerprint density at radius 3 is 2.62 bits per heavy atom. The third kappa shape index (κ3) is 4.63. The molecular weight excluding hydrogens is 463 g/mol. The average molecular weight is 507 g/mol. The van der Waals surface area contributed by atoms with Gasteiger partial charge >= 0.3 is 0 Å². The zero-order valence-electron chi connectivity index (χ0n) is 22.1. The third-order valence-electron chi connectivity index (χ3n) is 9.91. The van der Waals surface area contributed by atoms with E-state index in [0.717, 1.165) is 44.3 Å². The highest BCUT2D eigenvalue weighted by atomic mass is 35.5. The van der Waals surface area contributed by atoms with E-state index in [0.29, 0.717) is 36.3 Å². The highest BCUT2D eigenvalue weighted by Gasteiger charge is 2.60. The lowest BCUT2D eigenvalue weighted by Gasteiger charge is -2.53. The van der Waals surface area contributed by atoms with Crippen LogP contribution in [-0.2, 0) is 11.2 Å². The van der Waals surface area contributed by atoms with Gasteiger partial charge in [-0.3, -0.25) is 4.79 Å². The molecular formula is C29H44ClFO2Si. The monoisotopic (exact) mass is 506 g/mol. The van der Waals surface area contributed by atoms with Crippen molar-refractivity contribution in [1.29, 1.82) is 0 Å². The molecule has 0 bridgehead atoms. The number of carbonyl (C=O) groups excluding carboxylic acids is 1. The molecule has 5 heteroatoms. The van der Waals surface area contributed by atoms with Gasteiger partial charge in [-0.2, -0.15) is 0 Å². The fourth-order valence-electron chi connectivity index (χ4n) is 7.01. The number of halogens is 2. The molecule has 0 amide bonds. The summed E-state index contributed by atoms with van der Waals surface area (Å²) in [5, 5.41) is 0.131. The minimum absolute atomic E-state index is 0.0901. The lowest BCUT2D eigenvalue weighted by molar-refractivity contribution is -0.132. The predicted molar refractivity (Wildman–Crippen MR) is 142 cm³/mol. The van der Waals surface area contributed by atoms with Crippen LogP contribution >= 0.6 is 11.6 Å².